The van der Waals surface area contributed by atoms with Gasteiger partial charge in [0.05, 0.1) is 0 Å². The number of rotatable bonds is 6. The van der Waals surface area contributed by atoms with E-state index in [2.05, 4.69) is 0 Å². The van der Waals surface area contributed by atoms with Gasteiger partial charge in [0, 0.05) is 17.9 Å². The van der Waals surface area contributed by atoms with Gasteiger partial charge in [-0.3, -0.25) is 4.79 Å². The molecule has 0 aliphatic rings. The van der Waals surface area contributed by atoms with Crippen LogP contribution in [0.3, 0.4) is 0 Å². The third-order valence-corrected chi connectivity index (χ3v) is 3.50. The largest absolute Gasteiger partial charge is 0.612 e. The van der Waals surface area contributed by atoms with E-state index in [-0.39, 0.29) is 5.78 Å². The lowest BCUT2D eigenvalue weighted by molar-refractivity contribution is 0.0980. The molecule has 1 rings (SSSR count). The number of halogens is 1. The molecule has 0 amide bonds. The second kappa shape index (κ2) is 6.94. The molecule has 4 heteroatoms. The summed E-state index contributed by atoms with van der Waals surface area (Å²) >= 11 is 4.56. The van der Waals surface area contributed by atoms with E-state index in [1.54, 1.807) is 30.5 Å². The van der Waals surface area contributed by atoms with Gasteiger partial charge in [0.2, 0.25) is 0 Å². The summed E-state index contributed by atoms with van der Waals surface area (Å²) in [5.41, 5.74) is 0.684. The molecular weight excluding hydrogens is 244 g/mol. The second-order valence-corrected chi connectivity index (χ2v) is 5.31. The molecule has 2 nitrogen and oxygen atoms in total. The molecule has 0 heterocycles. The fourth-order valence-electron chi connectivity index (χ4n) is 1.36. The van der Waals surface area contributed by atoms with Gasteiger partial charge in [0.25, 0.3) is 0 Å². The average Bonchev–Trinajstić information content (AvgIpc) is 2.29. The number of ketones is 1. The fourth-order valence-corrected chi connectivity index (χ4v) is 2.07. The molecule has 1 unspecified atom stereocenters. The number of unbranched alkanes of at least 4 members (excludes halogenated alkanes) is 1. The number of carbonyl (C=O) groups is 1. The topological polar surface area (TPSA) is 40.1 Å². The monoisotopic (exact) mass is 258 g/mol. The Morgan fingerprint density at radius 1 is 1.31 bits per heavy atom. The summed E-state index contributed by atoms with van der Waals surface area (Å²) in [4.78, 5) is 12.4. The highest BCUT2D eigenvalue weighted by Gasteiger charge is 2.08. The molecule has 88 valence electrons. The summed E-state index contributed by atoms with van der Waals surface area (Å²) in [6.07, 6.45) is 3.84. The van der Waals surface area contributed by atoms with E-state index >= 15 is 0 Å². The van der Waals surface area contributed by atoms with Gasteiger partial charge in [-0.2, -0.15) is 0 Å². The molecule has 16 heavy (non-hydrogen) atoms. The molecule has 1 aromatic carbocycles. The molecule has 0 saturated heterocycles. The van der Waals surface area contributed by atoms with Crippen LogP contribution in [0.4, 0.5) is 0 Å². The molecule has 1 atom stereocenters. The molecule has 0 N–H and O–H groups in total. The van der Waals surface area contributed by atoms with E-state index in [9.17, 15) is 9.35 Å². The molecule has 0 aliphatic carbocycles. The normalized spacial score (nSPS) is 12.4. The van der Waals surface area contributed by atoms with Gasteiger partial charge in [-0.15, -0.1) is 11.6 Å². The third-order valence-electron chi connectivity index (χ3n) is 2.30. The summed E-state index contributed by atoms with van der Waals surface area (Å²) in [6.45, 7) is 0. The van der Waals surface area contributed by atoms with Gasteiger partial charge in [0.1, 0.15) is 6.26 Å². The minimum Gasteiger partial charge on any atom is -0.612 e. The Morgan fingerprint density at radius 2 is 1.94 bits per heavy atom. The number of Topliss-reactive ketones (excluding diaryl/α,β-unsaturated/α-hetero) is 1. The van der Waals surface area contributed by atoms with E-state index in [4.69, 9.17) is 11.6 Å². The van der Waals surface area contributed by atoms with Crippen LogP contribution in [-0.4, -0.2) is 22.5 Å². The summed E-state index contributed by atoms with van der Waals surface area (Å²) < 4.78 is 11.1. The van der Waals surface area contributed by atoms with Gasteiger partial charge >= 0.3 is 0 Å². The Labute approximate surface area is 104 Å². The van der Waals surface area contributed by atoms with Crippen molar-refractivity contribution in [3.63, 3.8) is 0 Å². The van der Waals surface area contributed by atoms with Gasteiger partial charge in [-0.05, 0) is 48.3 Å². The van der Waals surface area contributed by atoms with Crippen molar-refractivity contribution in [3.8, 4) is 0 Å². The van der Waals surface area contributed by atoms with E-state index < -0.39 is 11.2 Å². The molecule has 0 saturated carbocycles. The van der Waals surface area contributed by atoms with Crippen molar-refractivity contribution in [2.24, 2.45) is 0 Å². The predicted molar refractivity (Wildman–Crippen MR) is 67.7 cm³/mol. The molecular formula is C12H15ClO2S. The van der Waals surface area contributed by atoms with Crippen molar-refractivity contribution < 1.29 is 9.35 Å². The smallest absolute Gasteiger partial charge is 0.162 e. The lowest BCUT2D eigenvalue weighted by atomic mass is 10.1. The Morgan fingerprint density at radius 3 is 2.44 bits per heavy atom. The SMILES string of the molecule is C[S+]([O-])c1ccc(C(=O)CCCCCl)cc1. The maximum absolute atomic E-state index is 11.7. The average molecular weight is 259 g/mol. The lowest BCUT2D eigenvalue weighted by Gasteiger charge is -2.05. The van der Waals surface area contributed by atoms with Crippen molar-refractivity contribution >= 4 is 28.6 Å². The maximum atomic E-state index is 11.7. The first kappa shape index (κ1) is 13.6. The van der Waals surface area contributed by atoms with Crippen LogP contribution in [0, 0.1) is 0 Å². The minimum absolute atomic E-state index is 0.124. The zero-order chi connectivity index (χ0) is 12.0. The highest BCUT2D eigenvalue weighted by atomic mass is 35.5. The zero-order valence-corrected chi connectivity index (χ0v) is 10.8. The summed E-state index contributed by atoms with van der Waals surface area (Å²) in [6, 6.07) is 6.95. The van der Waals surface area contributed by atoms with Crippen LogP contribution in [0.2, 0.25) is 0 Å². The molecule has 0 bridgehead atoms. The Kier molecular flexibility index (Phi) is 5.88. The Bertz CT molecular complexity index is 335. The fraction of sp³-hybridized carbons (Fsp3) is 0.417. The van der Waals surface area contributed by atoms with E-state index in [0.29, 0.717) is 17.9 Å². The van der Waals surface area contributed by atoms with Crippen molar-refractivity contribution in [1.29, 1.82) is 0 Å². The Balaban J connectivity index is 2.56. The molecule has 0 radical (unpaired) electrons. The summed E-state index contributed by atoms with van der Waals surface area (Å²) in [5.74, 6) is 0.722. The van der Waals surface area contributed by atoms with E-state index in [0.717, 1.165) is 17.7 Å². The van der Waals surface area contributed by atoms with Gasteiger partial charge in [0.15, 0.2) is 10.7 Å². The highest BCUT2D eigenvalue weighted by molar-refractivity contribution is 7.90. The Hall–Kier alpha value is -0.510. The van der Waals surface area contributed by atoms with Gasteiger partial charge in [-0.1, -0.05) is 0 Å². The van der Waals surface area contributed by atoms with Crippen LogP contribution < -0.4 is 0 Å². The van der Waals surface area contributed by atoms with Crippen LogP contribution in [0.1, 0.15) is 29.6 Å². The van der Waals surface area contributed by atoms with Crippen LogP contribution in [0.15, 0.2) is 29.2 Å². The van der Waals surface area contributed by atoms with E-state index in [1.165, 1.54) is 0 Å². The van der Waals surface area contributed by atoms with Gasteiger partial charge in [-0.25, -0.2) is 0 Å². The molecule has 1 aromatic rings. The van der Waals surface area contributed by atoms with Crippen molar-refractivity contribution in [2.75, 3.05) is 12.1 Å². The quantitative estimate of drug-likeness (QED) is 0.341. The first-order valence-electron chi connectivity index (χ1n) is 5.18. The molecule has 0 fully saturated rings. The zero-order valence-electron chi connectivity index (χ0n) is 9.24. The third kappa shape index (κ3) is 4.16. The number of hydrogen-bond acceptors (Lipinski definition) is 2. The number of carbonyl (C=O) groups excluding carboxylic acids is 1. The molecule has 0 spiro atoms. The van der Waals surface area contributed by atoms with Crippen LogP contribution in [0.25, 0.3) is 0 Å². The van der Waals surface area contributed by atoms with Crippen LogP contribution >= 0.6 is 11.6 Å². The molecule has 0 aliphatic heterocycles. The van der Waals surface area contributed by atoms with Crippen molar-refractivity contribution in [2.45, 2.75) is 24.2 Å². The van der Waals surface area contributed by atoms with Crippen molar-refractivity contribution in [3.05, 3.63) is 29.8 Å². The predicted octanol–water partition coefficient (Wildman–Crippen LogP) is 3.02. The van der Waals surface area contributed by atoms with Gasteiger partial charge < -0.3 is 4.55 Å². The number of alkyl halides is 1. The van der Waals surface area contributed by atoms with E-state index in [1.807, 2.05) is 0 Å². The number of hydrogen-bond donors (Lipinski definition) is 0. The first-order chi connectivity index (χ1) is 7.65. The van der Waals surface area contributed by atoms with Crippen LogP contribution in [-0.2, 0) is 11.2 Å². The first-order valence-corrected chi connectivity index (χ1v) is 7.27. The highest BCUT2D eigenvalue weighted by Crippen LogP contribution is 2.13. The number of benzene rings is 1. The summed E-state index contributed by atoms with van der Waals surface area (Å²) in [7, 11) is 0. The lowest BCUT2D eigenvalue weighted by Crippen LogP contribution is -2.01. The maximum Gasteiger partial charge on any atom is 0.162 e. The van der Waals surface area contributed by atoms with Crippen molar-refractivity contribution in [1.82, 2.24) is 0 Å². The minimum atomic E-state index is -0.986. The van der Waals surface area contributed by atoms with Crippen LogP contribution in [0.5, 0.6) is 0 Å². The second-order valence-electron chi connectivity index (χ2n) is 3.55. The molecule has 0 aromatic heterocycles. The summed E-state index contributed by atoms with van der Waals surface area (Å²) in [5, 5.41) is 0. The standard InChI is InChI=1S/C12H15ClO2S/c1-16(15)11-7-5-10(6-8-11)12(14)4-2-3-9-13/h5-8H,2-4,9H2,1H3.